The molecule has 88 heavy (non-hydrogen) atoms. The number of hydrogen-bond donors (Lipinski definition) is 3. The lowest BCUT2D eigenvalue weighted by molar-refractivity contribution is -0.161. The summed E-state index contributed by atoms with van der Waals surface area (Å²) in [6.07, 6.45) is 43.2. The predicted molar refractivity (Wildman–Crippen MR) is 354 cm³/mol. The number of esters is 4. The van der Waals surface area contributed by atoms with Gasteiger partial charge in [0.1, 0.15) is 19.3 Å². The van der Waals surface area contributed by atoms with E-state index in [9.17, 15) is 43.2 Å². The molecule has 0 heterocycles. The molecular formula is C69H134O17P2. The molecule has 6 atom stereocenters. The summed E-state index contributed by atoms with van der Waals surface area (Å²) in [5.74, 6) is 0.174. The monoisotopic (exact) mass is 1300 g/mol. The number of hydrogen-bond acceptors (Lipinski definition) is 15. The summed E-state index contributed by atoms with van der Waals surface area (Å²) in [4.78, 5) is 72.3. The van der Waals surface area contributed by atoms with E-state index in [0.717, 1.165) is 120 Å². The van der Waals surface area contributed by atoms with Crippen LogP contribution < -0.4 is 0 Å². The van der Waals surface area contributed by atoms with Gasteiger partial charge in [-0.15, -0.1) is 0 Å². The highest BCUT2D eigenvalue weighted by molar-refractivity contribution is 7.47. The Bertz CT molecular complexity index is 1730. The van der Waals surface area contributed by atoms with Crippen molar-refractivity contribution in [3.05, 3.63) is 0 Å². The molecule has 0 amide bonds. The molecule has 0 fully saturated rings. The molecule has 0 aliphatic heterocycles. The maximum Gasteiger partial charge on any atom is 0.472 e. The minimum Gasteiger partial charge on any atom is -0.462 e. The lowest BCUT2D eigenvalue weighted by atomic mass is 9.99. The molecule has 0 aromatic heterocycles. The van der Waals surface area contributed by atoms with Crippen LogP contribution in [0, 0.1) is 17.8 Å². The number of carbonyl (C=O) groups excluding carboxylic acids is 4. The first kappa shape index (κ1) is 86.1. The molecule has 0 rings (SSSR count). The lowest BCUT2D eigenvalue weighted by Crippen LogP contribution is -2.30. The summed E-state index contributed by atoms with van der Waals surface area (Å²) in [7, 11) is -9.89. The average Bonchev–Trinajstić information content (AvgIpc) is 3.58. The van der Waals surface area contributed by atoms with E-state index in [0.29, 0.717) is 25.7 Å². The fourth-order valence-corrected chi connectivity index (χ4v) is 11.9. The van der Waals surface area contributed by atoms with Gasteiger partial charge in [0.15, 0.2) is 12.2 Å². The van der Waals surface area contributed by atoms with Crippen molar-refractivity contribution in [1.29, 1.82) is 0 Å². The minimum atomic E-state index is -4.95. The fourth-order valence-electron chi connectivity index (χ4n) is 10.3. The molecule has 0 radical (unpaired) electrons. The summed E-state index contributed by atoms with van der Waals surface area (Å²) in [6, 6.07) is 0. The van der Waals surface area contributed by atoms with Crippen LogP contribution in [0.3, 0.4) is 0 Å². The van der Waals surface area contributed by atoms with Crippen LogP contribution in [0.4, 0.5) is 0 Å². The largest absolute Gasteiger partial charge is 0.472 e. The topological polar surface area (TPSA) is 237 Å². The van der Waals surface area contributed by atoms with Gasteiger partial charge in [-0.25, -0.2) is 9.13 Å². The zero-order valence-electron chi connectivity index (χ0n) is 57.2. The molecule has 0 aliphatic carbocycles. The molecule has 0 aromatic carbocycles. The van der Waals surface area contributed by atoms with Gasteiger partial charge in [-0.1, -0.05) is 292 Å². The van der Waals surface area contributed by atoms with Gasteiger partial charge in [-0.3, -0.25) is 37.3 Å². The maximum atomic E-state index is 13.0. The number of carbonyl (C=O) groups is 4. The number of aliphatic hydroxyl groups is 1. The summed E-state index contributed by atoms with van der Waals surface area (Å²) in [5.41, 5.74) is 0. The third-order valence-corrected chi connectivity index (χ3v) is 18.1. The Morgan fingerprint density at radius 3 is 0.864 bits per heavy atom. The summed E-state index contributed by atoms with van der Waals surface area (Å²) < 4.78 is 68.1. The highest BCUT2D eigenvalue weighted by Crippen LogP contribution is 2.45. The van der Waals surface area contributed by atoms with E-state index in [4.69, 9.17) is 37.0 Å². The van der Waals surface area contributed by atoms with Crippen molar-refractivity contribution >= 4 is 39.5 Å². The Hall–Kier alpha value is -1.94. The molecule has 3 N–H and O–H groups in total. The second kappa shape index (κ2) is 60.0. The molecule has 0 saturated heterocycles. The molecule has 0 aromatic rings. The minimum absolute atomic E-state index is 0.104. The molecule has 0 bridgehead atoms. The summed E-state index contributed by atoms with van der Waals surface area (Å²) in [6.45, 7) is 11.8. The number of unbranched alkanes of at least 4 members (excludes halogenated alkanes) is 34. The van der Waals surface area contributed by atoms with E-state index in [1.54, 1.807) is 0 Å². The van der Waals surface area contributed by atoms with Gasteiger partial charge in [0.2, 0.25) is 0 Å². The normalized spacial score (nSPS) is 14.5. The molecule has 3 unspecified atom stereocenters. The quantitative estimate of drug-likeness (QED) is 0.0222. The van der Waals surface area contributed by atoms with Gasteiger partial charge in [0.05, 0.1) is 26.4 Å². The van der Waals surface area contributed by atoms with E-state index < -0.39 is 97.5 Å². The first-order valence-corrected chi connectivity index (χ1v) is 38.9. The van der Waals surface area contributed by atoms with Crippen molar-refractivity contribution in [2.45, 2.75) is 362 Å². The Balaban J connectivity index is 5.20. The molecule has 0 aliphatic rings. The van der Waals surface area contributed by atoms with Crippen molar-refractivity contribution in [2.75, 3.05) is 39.6 Å². The van der Waals surface area contributed by atoms with Crippen molar-refractivity contribution in [3.63, 3.8) is 0 Å². The Labute approximate surface area is 537 Å². The fraction of sp³-hybridized carbons (Fsp3) is 0.942. The Morgan fingerprint density at radius 2 is 0.580 bits per heavy atom. The van der Waals surface area contributed by atoms with Crippen LogP contribution >= 0.6 is 15.6 Å². The van der Waals surface area contributed by atoms with Gasteiger partial charge in [0.25, 0.3) is 0 Å². The third kappa shape index (κ3) is 61.6. The van der Waals surface area contributed by atoms with Crippen LogP contribution in [0.1, 0.15) is 344 Å². The summed E-state index contributed by atoms with van der Waals surface area (Å²) in [5, 5.41) is 10.6. The van der Waals surface area contributed by atoms with Gasteiger partial charge in [0, 0.05) is 25.7 Å². The highest BCUT2D eigenvalue weighted by atomic mass is 31.2. The molecule has 17 nitrogen and oxygen atoms in total. The Morgan fingerprint density at radius 1 is 0.330 bits per heavy atom. The van der Waals surface area contributed by atoms with Gasteiger partial charge in [-0.2, -0.15) is 0 Å². The third-order valence-electron chi connectivity index (χ3n) is 16.2. The van der Waals surface area contributed by atoms with Crippen molar-refractivity contribution in [3.8, 4) is 0 Å². The van der Waals surface area contributed by atoms with E-state index >= 15 is 0 Å². The maximum absolute atomic E-state index is 13.0. The summed E-state index contributed by atoms with van der Waals surface area (Å²) >= 11 is 0. The zero-order valence-corrected chi connectivity index (χ0v) is 59.0. The number of phosphoric ester groups is 2. The van der Waals surface area contributed by atoms with E-state index in [2.05, 4.69) is 48.5 Å². The van der Waals surface area contributed by atoms with Crippen LogP contribution in [0.15, 0.2) is 0 Å². The average molecular weight is 1300 g/mol. The first-order chi connectivity index (χ1) is 42.3. The van der Waals surface area contributed by atoms with E-state index in [1.807, 2.05) is 0 Å². The van der Waals surface area contributed by atoms with E-state index in [1.165, 1.54) is 141 Å². The second-order valence-corrected chi connectivity index (χ2v) is 29.0. The van der Waals surface area contributed by atoms with Crippen LogP contribution in [0.5, 0.6) is 0 Å². The number of phosphoric acid groups is 2. The predicted octanol–water partition coefficient (Wildman–Crippen LogP) is 19.5. The smallest absolute Gasteiger partial charge is 0.462 e. The molecule has 0 spiro atoms. The second-order valence-electron chi connectivity index (χ2n) is 26.1. The van der Waals surface area contributed by atoms with Crippen LogP contribution in [0.2, 0.25) is 0 Å². The van der Waals surface area contributed by atoms with Crippen LogP contribution in [-0.4, -0.2) is 96.7 Å². The van der Waals surface area contributed by atoms with Crippen molar-refractivity contribution < 1.29 is 80.2 Å². The number of ether oxygens (including phenoxy) is 4. The molecule has 0 saturated carbocycles. The first-order valence-electron chi connectivity index (χ1n) is 35.9. The molecule has 522 valence electrons. The van der Waals surface area contributed by atoms with Crippen LogP contribution in [0.25, 0.3) is 0 Å². The van der Waals surface area contributed by atoms with Crippen LogP contribution in [-0.2, 0) is 65.4 Å². The SMILES string of the molecule is CCCCCCCCCC(=O)OC[C@H](COP(=O)(O)OC[C@H](O)COP(=O)(O)OC[C@@H](COC(=O)CCCCCCCCCCCC(C)C)OC(=O)CCCCCCCCCCCCCCCCC(C)CC)OC(=O)CCCCCCCCCCC(C)C. The molecule has 19 heteroatoms. The Kier molecular flexibility index (Phi) is 58.7. The number of rotatable bonds is 67. The molecular weight excluding hydrogens is 1160 g/mol. The highest BCUT2D eigenvalue weighted by Gasteiger charge is 2.30. The van der Waals surface area contributed by atoms with Crippen molar-refractivity contribution in [1.82, 2.24) is 0 Å². The lowest BCUT2D eigenvalue weighted by Gasteiger charge is -2.21. The number of aliphatic hydroxyl groups excluding tert-OH is 1. The zero-order chi connectivity index (χ0) is 65.2. The van der Waals surface area contributed by atoms with E-state index in [-0.39, 0.29) is 25.7 Å². The van der Waals surface area contributed by atoms with Crippen molar-refractivity contribution in [2.24, 2.45) is 17.8 Å². The van der Waals surface area contributed by atoms with Gasteiger partial charge in [-0.05, 0) is 43.4 Å². The van der Waals surface area contributed by atoms with Gasteiger partial charge >= 0.3 is 39.5 Å². The van der Waals surface area contributed by atoms with Gasteiger partial charge < -0.3 is 33.8 Å². The standard InChI is InChI=1S/C69H134O17P2/c1-8-10-11-12-26-36-43-50-66(71)79-56-64(86-69(74)53-46-39-32-25-24-28-34-41-48-61(5)6)58-83-87(75,76)81-54-63(70)55-82-88(77,78)84-59-65(57-80-67(72)51-44-37-30-23-19-20-27-33-40-47-60(3)4)85-68(73)52-45-38-31-22-18-16-14-13-15-17-21-29-35-42-49-62(7)9-2/h60-65,70H,8-59H2,1-7H3,(H,75,76)(H,77,78)/t62?,63-,64+,65+/m0/s1.